The Morgan fingerprint density at radius 2 is 1.72 bits per heavy atom. The van der Waals surface area contributed by atoms with Gasteiger partial charge < -0.3 is 9.84 Å². The molecule has 0 spiro atoms. The molecule has 0 radical (unpaired) electrons. The van der Waals surface area contributed by atoms with E-state index in [9.17, 15) is 14.4 Å². The van der Waals surface area contributed by atoms with Crippen LogP contribution in [0.5, 0.6) is 0 Å². The molecular formula is C12H11NO5. The number of amides is 2. The normalized spacial score (nSPS) is 13.7. The van der Waals surface area contributed by atoms with Crippen LogP contribution >= 0.6 is 0 Å². The minimum atomic E-state index is -0.786. The van der Waals surface area contributed by atoms with Crippen LogP contribution < -0.4 is 0 Å². The number of benzene rings is 1. The molecule has 1 N–H and O–H groups in total. The van der Waals surface area contributed by atoms with Crippen molar-refractivity contribution in [1.82, 2.24) is 4.90 Å². The van der Waals surface area contributed by atoms with Gasteiger partial charge in [0.15, 0.2) is 0 Å². The molecule has 6 nitrogen and oxygen atoms in total. The van der Waals surface area contributed by atoms with Crippen molar-refractivity contribution in [2.45, 2.75) is 0 Å². The molecule has 0 unspecified atom stereocenters. The quantitative estimate of drug-likeness (QED) is 0.591. The maximum Gasteiger partial charge on any atom is 0.331 e. The van der Waals surface area contributed by atoms with E-state index < -0.39 is 24.4 Å². The van der Waals surface area contributed by atoms with Crippen LogP contribution in [0.3, 0.4) is 0 Å². The number of ether oxygens (including phenoxy) is 1. The largest absolute Gasteiger partial charge is 0.462 e. The first-order chi connectivity index (χ1) is 8.65. The molecule has 94 valence electrons. The van der Waals surface area contributed by atoms with Crippen LogP contribution in [0.25, 0.3) is 0 Å². The number of fused-ring (bicyclic) bond motifs is 1. The molecule has 2 amide bonds. The number of aliphatic hydroxyl groups is 1. The molecule has 2 rings (SSSR count). The van der Waals surface area contributed by atoms with Crippen molar-refractivity contribution in [2.75, 3.05) is 19.8 Å². The van der Waals surface area contributed by atoms with Gasteiger partial charge in [-0.25, -0.2) is 4.79 Å². The van der Waals surface area contributed by atoms with Gasteiger partial charge >= 0.3 is 5.97 Å². The number of aliphatic hydroxyl groups excluding tert-OH is 1. The summed E-state index contributed by atoms with van der Waals surface area (Å²) >= 11 is 0. The standard InChI is InChI=1S/C12H11NO5/c14-7-10(15)18-6-5-13-11(16)8-3-1-2-4-9(8)12(13)17/h1-4,14H,5-7H2. The highest BCUT2D eigenvalue weighted by Crippen LogP contribution is 2.21. The summed E-state index contributed by atoms with van der Waals surface area (Å²) in [6, 6.07) is 6.52. The third-order valence-corrected chi connectivity index (χ3v) is 2.59. The number of hydrogen-bond acceptors (Lipinski definition) is 5. The van der Waals surface area contributed by atoms with Gasteiger partial charge in [-0.3, -0.25) is 14.5 Å². The zero-order valence-corrected chi connectivity index (χ0v) is 9.46. The molecule has 1 aromatic rings. The Balaban J connectivity index is 2.03. The van der Waals surface area contributed by atoms with Crippen molar-refractivity contribution in [3.05, 3.63) is 35.4 Å². The van der Waals surface area contributed by atoms with Gasteiger partial charge in [-0.2, -0.15) is 0 Å². The number of carbonyl (C=O) groups is 3. The second kappa shape index (κ2) is 4.97. The molecule has 0 bridgehead atoms. The summed E-state index contributed by atoms with van der Waals surface area (Å²) in [5.41, 5.74) is 0.715. The highest BCUT2D eigenvalue weighted by Gasteiger charge is 2.34. The van der Waals surface area contributed by atoms with Crippen LogP contribution in [0.15, 0.2) is 24.3 Å². The Kier molecular flexibility index (Phi) is 3.38. The Bertz CT molecular complexity index is 476. The number of rotatable bonds is 4. The van der Waals surface area contributed by atoms with Crippen LogP contribution in [0.2, 0.25) is 0 Å². The van der Waals surface area contributed by atoms with Crippen molar-refractivity contribution in [3.8, 4) is 0 Å². The van der Waals surface area contributed by atoms with Gasteiger partial charge in [-0.15, -0.1) is 0 Å². The number of imide groups is 1. The lowest BCUT2D eigenvalue weighted by atomic mass is 10.1. The predicted molar refractivity (Wildman–Crippen MR) is 59.9 cm³/mol. The summed E-state index contributed by atoms with van der Waals surface area (Å²) in [7, 11) is 0. The fourth-order valence-corrected chi connectivity index (χ4v) is 1.74. The van der Waals surface area contributed by atoms with Crippen LogP contribution in [-0.4, -0.2) is 47.5 Å². The first-order valence-electron chi connectivity index (χ1n) is 5.37. The third kappa shape index (κ3) is 2.10. The summed E-state index contributed by atoms with van der Waals surface area (Å²) < 4.78 is 4.61. The lowest BCUT2D eigenvalue weighted by molar-refractivity contribution is -0.147. The third-order valence-electron chi connectivity index (χ3n) is 2.59. The lowest BCUT2D eigenvalue weighted by Gasteiger charge is -2.13. The smallest absolute Gasteiger partial charge is 0.331 e. The summed E-state index contributed by atoms with van der Waals surface area (Å²) in [4.78, 5) is 35.5. The molecule has 0 atom stereocenters. The monoisotopic (exact) mass is 249 g/mol. The SMILES string of the molecule is O=C(CO)OCCN1C(=O)c2ccccc2C1=O. The first kappa shape index (κ1) is 12.3. The second-order valence-corrected chi connectivity index (χ2v) is 3.69. The number of carbonyl (C=O) groups excluding carboxylic acids is 3. The molecule has 1 aliphatic heterocycles. The zero-order valence-electron chi connectivity index (χ0n) is 9.46. The fraction of sp³-hybridized carbons (Fsp3) is 0.250. The van der Waals surface area contributed by atoms with Gasteiger partial charge in [0, 0.05) is 0 Å². The van der Waals surface area contributed by atoms with Crippen molar-refractivity contribution < 1.29 is 24.2 Å². The summed E-state index contributed by atoms with van der Waals surface area (Å²) in [6.45, 7) is -0.856. The fourth-order valence-electron chi connectivity index (χ4n) is 1.74. The van der Waals surface area contributed by atoms with Crippen molar-refractivity contribution >= 4 is 17.8 Å². The topological polar surface area (TPSA) is 83.9 Å². The minimum absolute atomic E-state index is 0.0158. The van der Waals surface area contributed by atoms with E-state index >= 15 is 0 Å². The van der Waals surface area contributed by atoms with E-state index in [0.717, 1.165) is 4.90 Å². The Hall–Kier alpha value is -2.21. The molecule has 0 aromatic heterocycles. The number of esters is 1. The van der Waals surface area contributed by atoms with Gasteiger partial charge in [0.2, 0.25) is 0 Å². The minimum Gasteiger partial charge on any atom is -0.462 e. The van der Waals surface area contributed by atoms with Gasteiger partial charge in [0.25, 0.3) is 11.8 Å². The van der Waals surface area contributed by atoms with E-state index in [1.165, 1.54) is 0 Å². The van der Waals surface area contributed by atoms with E-state index in [1.54, 1.807) is 24.3 Å². The van der Waals surface area contributed by atoms with E-state index in [0.29, 0.717) is 11.1 Å². The molecule has 0 saturated heterocycles. The van der Waals surface area contributed by atoms with Crippen LogP contribution in [0.4, 0.5) is 0 Å². The maximum atomic E-state index is 11.9. The van der Waals surface area contributed by atoms with Gasteiger partial charge in [0.05, 0.1) is 17.7 Å². The molecule has 18 heavy (non-hydrogen) atoms. The highest BCUT2D eigenvalue weighted by molar-refractivity contribution is 6.21. The molecular weight excluding hydrogens is 238 g/mol. The Morgan fingerprint density at radius 3 is 2.22 bits per heavy atom. The lowest BCUT2D eigenvalue weighted by Crippen LogP contribution is -2.33. The van der Waals surface area contributed by atoms with Crippen LogP contribution in [0, 0.1) is 0 Å². The average molecular weight is 249 g/mol. The van der Waals surface area contributed by atoms with Crippen molar-refractivity contribution in [1.29, 1.82) is 0 Å². The average Bonchev–Trinajstić information content (AvgIpc) is 2.64. The van der Waals surface area contributed by atoms with Gasteiger partial charge in [0.1, 0.15) is 13.2 Å². The second-order valence-electron chi connectivity index (χ2n) is 3.69. The predicted octanol–water partition coefficient (Wildman–Crippen LogP) is -0.182. The molecule has 0 saturated carbocycles. The molecule has 6 heteroatoms. The van der Waals surface area contributed by atoms with Gasteiger partial charge in [-0.05, 0) is 12.1 Å². The summed E-state index contributed by atoms with van der Waals surface area (Å²) in [6.07, 6.45) is 0. The van der Waals surface area contributed by atoms with Crippen LogP contribution in [0.1, 0.15) is 20.7 Å². The van der Waals surface area contributed by atoms with E-state index in [1.807, 2.05) is 0 Å². The summed E-state index contributed by atoms with van der Waals surface area (Å²) in [5, 5.41) is 8.45. The van der Waals surface area contributed by atoms with Gasteiger partial charge in [-0.1, -0.05) is 12.1 Å². The first-order valence-corrected chi connectivity index (χ1v) is 5.37. The number of nitrogens with zero attached hydrogens (tertiary/aromatic N) is 1. The van der Waals surface area contributed by atoms with Crippen LogP contribution in [-0.2, 0) is 9.53 Å². The molecule has 1 aromatic carbocycles. The van der Waals surface area contributed by atoms with E-state index in [4.69, 9.17) is 5.11 Å². The van der Waals surface area contributed by atoms with Crippen molar-refractivity contribution in [3.63, 3.8) is 0 Å². The van der Waals surface area contributed by atoms with E-state index in [-0.39, 0.29) is 13.2 Å². The Labute approximate surface area is 103 Å². The molecule has 1 aliphatic rings. The number of hydrogen-bond donors (Lipinski definition) is 1. The molecule has 0 aliphatic carbocycles. The molecule has 0 fully saturated rings. The zero-order chi connectivity index (χ0) is 13.1. The Morgan fingerprint density at radius 1 is 1.17 bits per heavy atom. The highest BCUT2D eigenvalue weighted by atomic mass is 16.5. The molecule has 1 heterocycles. The van der Waals surface area contributed by atoms with Crippen molar-refractivity contribution in [2.24, 2.45) is 0 Å². The maximum absolute atomic E-state index is 11.9. The van der Waals surface area contributed by atoms with E-state index in [2.05, 4.69) is 4.74 Å². The summed E-state index contributed by atoms with van der Waals surface area (Å²) in [5.74, 6) is -1.57.